The molecule has 0 saturated heterocycles. The largest absolute Gasteiger partial charge is 0.463 e. The van der Waals surface area contributed by atoms with Crippen molar-refractivity contribution in [2.45, 2.75) is 132 Å². The van der Waals surface area contributed by atoms with Gasteiger partial charge in [0.1, 0.15) is 6.10 Å². The number of fused-ring (bicyclic) bond motifs is 4. The fourth-order valence-electron chi connectivity index (χ4n) is 9.43. The van der Waals surface area contributed by atoms with Gasteiger partial charge in [-0.25, -0.2) is 0 Å². The van der Waals surface area contributed by atoms with Crippen molar-refractivity contribution in [2.24, 2.45) is 46.3 Å². The number of esters is 1. The normalized spacial score (nSPS) is 40.1. The molecule has 2 heteroatoms. The van der Waals surface area contributed by atoms with E-state index in [4.69, 9.17) is 4.74 Å². The van der Waals surface area contributed by atoms with E-state index in [-0.39, 0.29) is 12.1 Å². The predicted molar refractivity (Wildman–Crippen MR) is 138 cm³/mol. The highest BCUT2D eigenvalue weighted by molar-refractivity contribution is 5.66. The molecule has 4 aliphatic rings. The van der Waals surface area contributed by atoms with Crippen molar-refractivity contribution in [3.63, 3.8) is 0 Å². The summed E-state index contributed by atoms with van der Waals surface area (Å²) in [5.41, 5.74) is 4.70. The highest BCUT2D eigenvalue weighted by Gasteiger charge is 2.55. The van der Waals surface area contributed by atoms with Crippen LogP contribution in [0, 0.1) is 46.3 Å². The smallest absolute Gasteiger partial charge is 0.302 e. The van der Waals surface area contributed by atoms with Crippen molar-refractivity contribution in [3.8, 4) is 0 Å². The second-order valence-electron chi connectivity index (χ2n) is 13.4. The Balaban J connectivity index is 1.49. The maximum absolute atomic E-state index is 11.5. The first-order valence-corrected chi connectivity index (χ1v) is 14.5. The molecular formula is C31H52O2. The maximum Gasteiger partial charge on any atom is 0.302 e. The van der Waals surface area contributed by atoms with Crippen LogP contribution >= 0.6 is 0 Å². The van der Waals surface area contributed by atoms with Crippen LogP contribution in [0.4, 0.5) is 0 Å². The van der Waals surface area contributed by atoms with Crippen molar-refractivity contribution in [1.29, 1.82) is 0 Å². The molecule has 0 bridgehead atoms. The van der Waals surface area contributed by atoms with Crippen molar-refractivity contribution < 1.29 is 9.53 Å². The van der Waals surface area contributed by atoms with Crippen LogP contribution in [0.5, 0.6) is 0 Å². The van der Waals surface area contributed by atoms with E-state index in [9.17, 15) is 4.79 Å². The van der Waals surface area contributed by atoms with Gasteiger partial charge in [-0.1, -0.05) is 65.5 Å². The molecule has 0 radical (unpaired) electrons. The first-order chi connectivity index (χ1) is 15.6. The SMILES string of the molecule is CC[C@H](CC[C@@H](C)[C@H]1CCC2=C3CC[C@H]4C[C@@H](OC(C)=O)CC[C@]4(C)[C@H]3CC[C@@]21C)C(C)C. The summed E-state index contributed by atoms with van der Waals surface area (Å²) in [4.78, 5) is 11.5. The fraction of sp³-hybridized carbons (Fsp3) is 0.903. The summed E-state index contributed by atoms with van der Waals surface area (Å²) in [6, 6.07) is 0. The molecule has 33 heavy (non-hydrogen) atoms. The topological polar surface area (TPSA) is 26.3 Å². The number of hydrogen-bond acceptors (Lipinski definition) is 2. The molecular weight excluding hydrogens is 404 g/mol. The third-order valence-electron chi connectivity index (χ3n) is 11.5. The summed E-state index contributed by atoms with van der Waals surface area (Å²) in [6.07, 6.45) is 16.0. The van der Waals surface area contributed by atoms with Gasteiger partial charge >= 0.3 is 5.97 Å². The number of rotatable bonds is 7. The molecule has 0 aromatic rings. The molecule has 0 aromatic carbocycles. The minimum atomic E-state index is -0.0968. The number of hydrogen-bond donors (Lipinski definition) is 0. The molecule has 188 valence electrons. The third-order valence-corrected chi connectivity index (χ3v) is 11.5. The molecule has 0 aliphatic heterocycles. The van der Waals surface area contributed by atoms with Gasteiger partial charge in [0.05, 0.1) is 0 Å². The zero-order chi connectivity index (χ0) is 24.0. The summed E-state index contributed by atoms with van der Waals surface area (Å²) >= 11 is 0. The molecule has 0 spiro atoms. The predicted octanol–water partition coefficient (Wildman–Crippen LogP) is 8.74. The van der Waals surface area contributed by atoms with Gasteiger partial charge in [0.15, 0.2) is 0 Å². The van der Waals surface area contributed by atoms with Crippen molar-refractivity contribution >= 4 is 5.97 Å². The Morgan fingerprint density at radius 2 is 1.79 bits per heavy atom. The molecule has 4 aliphatic carbocycles. The van der Waals surface area contributed by atoms with E-state index in [1.54, 1.807) is 6.92 Å². The lowest BCUT2D eigenvalue weighted by molar-refractivity contribution is -0.152. The fourth-order valence-corrected chi connectivity index (χ4v) is 9.43. The van der Waals surface area contributed by atoms with Crippen LogP contribution < -0.4 is 0 Å². The summed E-state index contributed by atoms with van der Waals surface area (Å²) in [7, 11) is 0. The average molecular weight is 457 g/mol. The first-order valence-electron chi connectivity index (χ1n) is 14.5. The van der Waals surface area contributed by atoms with Crippen LogP contribution in [0.2, 0.25) is 0 Å². The van der Waals surface area contributed by atoms with Crippen LogP contribution in [0.3, 0.4) is 0 Å². The van der Waals surface area contributed by atoms with E-state index in [1.807, 2.05) is 11.1 Å². The van der Waals surface area contributed by atoms with Gasteiger partial charge in [-0.3, -0.25) is 4.79 Å². The second-order valence-corrected chi connectivity index (χ2v) is 13.4. The summed E-state index contributed by atoms with van der Waals surface area (Å²) < 4.78 is 5.66. The first kappa shape index (κ1) is 25.3. The Kier molecular flexibility index (Phi) is 7.43. The van der Waals surface area contributed by atoms with Gasteiger partial charge in [0.2, 0.25) is 0 Å². The molecule has 0 heterocycles. The summed E-state index contributed by atoms with van der Waals surface area (Å²) in [5, 5.41) is 0. The van der Waals surface area contributed by atoms with E-state index in [1.165, 1.54) is 64.2 Å². The second kappa shape index (κ2) is 9.69. The van der Waals surface area contributed by atoms with Crippen LogP contribution in [0.1, 0.15) is 126 Å². The molecule has 3 saturated carbocycles. The monoisotopic (exact) mass is 456 g/mol. The summed E-state index contributed by atoms with van der Waals surface area (Å²) in [5.74, 6) is 4.87. The van der Waals surface area contributed by atoms with Crippen molar-refractivity contribution in [2.75, 3.05) is 0 Å². The molecule has 4 rings (SSSR count). The van der Waals surface area contributed by atoms with Gasteiger partial charge in [0, 0.05) is 6.92 Å². The van der Waals surface area contributed by atoms with Crippen LogP contribution in [0.25, 0.3) is 0 Å². The van der Waals surface area contributed by atoms with Crippen LogP contribution in [0.15, 0.2) is 11.1 Å². The standard InChI is InChI=1S/C31H52O2/c1-8-23(20(2)3)10-9-21(4)27-13-14-28-26-12-11-24-19-25(33-22(5)32)15-17-30(24,6)29(26)16-18-31(27,28)7/h20-21,23-25,27,29H,8-19H2,1-7H3/t21-,23-,24+,25+,27-,29+,30+,31-/m1/s1. The number of carbonyl (C=O) groups is 1. The maximum atomic E-state index is 11.5. The zero-order valence-corrected chi connectivity index (χ0v) is 22.8. The van der Waals surface area contributed by atoms with E-state index in [2.05, 4.69) is 41.5 Å². The number of allylic oxidation sites excluding steroid dienone is 2. The molecule has 3 fully saturated rings. The summed E-state index contributed by atoms with van der Waals surface area (Å²) in [6.45, 7) is 16.6. The highest BCUT2D eigenvalue weighted by Crippen LogP contribution is 2.66. The minimum absolute atomic E-state index is 0.0968. The lowest BCUT2D eigenvalue weighted by atomic mass is 9.48. The number of ether oxygens (including phenoxy) is 1. The molecule has 0 N–H and O–H groups in total. The van der Waals surface area contributed by atoms with E-state index in [0.717, 1.165) is 48.3 Å². The Hall–Kier alpha value is -0.790. The Morgan fingerprint density at radius 3 is 2.45 bits per heavy atom. The van der Waals surface area contributed by atoms with Gasteiger partial charge in [0.25, 0.3) is 0 Å². The van der Waals surface area contributed by atoms with Gasteiger partial charge in [-0.05, 0) is 111 Å². The third kappa shape index (κ3) is 4.58. The van der Waals surface area contributed by atoms with Crippen molar-refractivity contribution in [1.82, 2.24) is 0 Å². The Bertz CT molecular complexity index is 750. The minimum Gasteiger partial charge on any atom is -0.463 e. The van der Waals surface area contributed by atoms with Gasteiger partial charge in [-0.15, -0.1) is 0 Å². The van der Waals surface area contributed by atoms with Gasteiger partial charge < -0.3 is 4.74 Å². The average Bonchev–Trinajstić information content (AvgIpc) is 3.11. The van der Waals surface area contributed by atoms with Crippen LogP contribution in [-0.2, 0) is 9.53 Å². The molecule has 0 amide bonds. The Morgan fingerprint density at radius 1 is 1.03 bits per heavy atom. The lowest BCUT2D eigenvalue weighted by Crippen LogP contribution is -2.48. The molecule has 0 unspecified atom stereocenters. The molecule has 0 aromatic heterocycles. The van der Waals surface area contributed by atoms with Crippen LogP contribution in [-0.4, -0.2) is 12.1 Å². The molecule has 8 atom stereocenters. The zero-order valence-electron chi connectivity index (χ0n) is 22.8. The highest BCUT2D eigenvalue weighted by atomic mass is 16.5. The lowest BCUT2D eigenvalue weighted by Gasteiger charge is -2.57. The van der Waals surface area contributed by atoms with E-state index < -0.39 is 0 Å². The molecule has 2 nitrogen and oxygen atoms in total. The Labute approximate surface area is 204 Å². The van der Waals surface area contributed by atoms with Gasteiger partial charge in [-0.2, -0.15) is 0 Å². The van der Waals surface area contributed by atoms with E-state index in [0.29, 0.717) is 10.8 Å². The van der Waals surface area contributed by atoms with Crippen molar-refractivity contribution in [3.05, 3.63) is 11.1 Å². The quantitative estimate of drug-likeness (QED) is 0.283. The number of carbonyl (C=O) groups excluding carboxylic acids is 1. The van der Waals surface area contributed by atoms with E-state index >= 15 is 0 Å².